The molecule has 10 heteroatoms. The number of nitrogens with two attached hydrogens (primary N) is 2. The molecule has 0 aliphatic heterocycles. The molecule has 6 N–H and O–H groups in total. The van der Waals surface area contributed by atoms with Gasteiger partial charge in [-0.05, 0) is 63.2 Å². The molecule has 0 saturated carbocycles. The number of esters is 1. The van der Waals surface area contributed by atoms with Crippen LogP contribution >= 0.6 is 0 Å². The SMILES string of the molecule is CC(C)(C)OC(=O)c1cc(C(=O)Nc2cccc(N)n2)cc(C(=O)Nc2cccc(N)n2)c1. The first-order valence-electron chi connectivity index (χ1n) is 9.96. The minimum atomic E-state index is -0.769. The maximum absolute atomic E-state index is 12.9. The van der Waals surface area contributed by atoms with E-state index in [1.54, 1.807) is 57.2 Å². The lowest BCUT2D eigenvalue weighted by molar-refractivity contribution is 0.00694. The summed E-state index contributed by atoms with van der Waals surface area (Å²) in [7, 11) is 0. The number of anilines is 4. The number of amides is 2. The molecule has 1 aromatic carbocycles. The molecule has 10 nitrogen and oxygen atoms in total. The maximum atomic E-state index is 12.9. The van der Waals surface area contributed by atoms with Crippen molar-refractivity contribution in [3.8, 4) is 0 Å². The summed E-state index contributed by atoms with van der Waals surface area (Å²) in [6.07, 6.45) is 0. The van der Waals surface area contributed by atoms with Crippen molar-refractivity contribution in [1.82, 2.24) is 9.97 Å². The number of benzene rings is 1. The van der Waals surface area contributed by atoms with Crippen molar-refractivity contribution in [3.63, 3.8) is 0 Å². The molecule has 0 unspecified atom stereocenters. The van der Waals surface area contributed by atoms with Crippen molar-refractivity contribution in [2.45, 2.75) is 26.4 Å². The lowest BCUT2D eigenvalue weighted by Gasteiger charge is -2.20. The topological polar surface area (TPSA) is 162 Å². The van der Waals surface area contributed by atoms with Crippen molar-refractivity contribution < 1.29 is 19.1 Å². The Kier molecular flexibility index (Phi) is 6.57. The largest absolute Gasteiger partial charge is 0.456 e. The van der Waals surface area contributed by atoms with Crippen molar-refractivity contribution in [1.29, 1.82) is 0 Å². The van der Waals surface area contributed by atoms with E-state index in [2.05, 4.69) is 20.6 Å². The van der Waals surface area contributed by atoms with E-state index in [-0.39, 0.29) is 40.0 Å². The molecule has 0 bridgehead atoms. The number of nitrogens with one attached hydrogen (secondary N) is 2. The molecule has 3 rings (SSSR count). The molecule has 2 amide bonds. The summed E-state index contributed by atoms with van der Waals surface area (Å²) < 4.78 is 5.40. The quantitative estimate of drug-likeness (QED) is 0.433. The highest BCUT2D eigenvalue weighted by Gasteiger charge is 2.22. The van der Waals surface area contributed by atoms with E-state index >= 15 is 0 Å². The Labute approximate surface area is 190 Å². The molecule has 0 aliphatic carbocycles. The third-order valence-electron chi connectivity index (χ3n) is 4.12. The van der Waals surface area contributed by atoms with E-state index in [0.29, 0.717) is 0 Å². The smallest absolute Gasteiger partial charge is 0.338 e. The zero-order chi connectivity index (χ0) is 24.2. The summed E-state index contributed by atoms with van der Waals surface area (Å²) in [5.74, 6) is -0.968. The first kappa shape index (κ1) is 23.2. The molecule has 0 aliphatic rings. The predicted molar refractivity (Wildman–Crippen MR) is 125 cm³/mol. The molecule has 0 fully saturated rings. The van der Waals surface area contributed by atoms with Gasteiger partial charge >= 0.3 is 5.97 Å². The fourth-order valence-electron chi connectivity index (χ4n) is 2.76. The average molecular weight is 448 g/mol. The summed E-state index contributed by atoms with van der Waals surface area (Å²) >= 11 is 0. The molecule has 0 saturated heterocycles. The van der Waals surface area contributed by atoms with Gasteiger partial charge in [0.25, 0.3) is 11.8 Å². The molecule has 33 heavy (non-hydrogen) atoms. The number of carbonyl (C=O) groups excluding carboxylic acids is 3. The van der Waals surface area contributed by atoms with E-state index in [0.717, 1.165) is 0 Å². The lowest BCUT2D eigenvalue weighted by atomic mass is 10.0. The fourth-order valence-corrected chi connectivity index (χ4v) is 2.76. The number of nitrogen functional groups attached to an aromatic ring is 2. The standard InChI is InChI=1S/C23H24N6O4/c1-23(2,3)33-22(32)15-11-13(20(30)28-18-8-4-6-16(24)26-18)10-14(12-15)21(31)29-19-9-5-7-17(25)27-19/h4-12H,1-3H3,(H3,24,26,28,30)(H3,25,27,29,31). The summed E-state index contributed by atoms with van der Waals surface area (Å²) in [5, 5.41) is 5.19. The van der Waals surface area contributed by atoms with Crippen LogP contribution in [0.1, 0.15) is 51.8 Å². The van der Waals surface area contributed by atoms with Crippen LogP contribution in [0.3, 0.4) is 0 Å². The maximum Gasteiger partial charge on any atom is 0.338 e. The van der Waals surface area contributed by atoms with Crippen LogP contribution in [0, 0.1) is 0 Å². The highest BCUT2D eigenvalue weighted by atomic mass is 16.6. The van der Waals surface area contributed by atoms with Crippen LogP contribution in [0.25, 0.3) is 0 Å². The van der Waals surface area contributed by atoms with Gasteiger partial charge < -0.3 is 26.8 Å². The van der Waals surface area contributed by atoms with Gasteiger partial charge in [0.1, 0.15) is 28.9 Å². The van der Waals surface area contributed by atoms with Crippen LogP contribution in [-0.4, -0.2) is 33.4 Å². The van der Waals surface area contributed by atoms with E-state index in [1.807, 2.05) is 0 Å². The van der Waals surface area contributed by atoms with Crippen LogP contribution < -0.4 is 22.1 Å². The molecular weight excluding hydrogens is 424 g/mol. The van der Waals surface area contributed by atoms with Gasteiger partial charge in [0.15, 0.2) is 0 Å². The Bertz CT molecular complexity index is 1140. The number of carbonyl (C=O) groups is 3. The second kappa shape index (κ2) is 9.35. The monoisotopic (exact) mass is 448 g/mol. The summed E-state index contributed by atoms with van der Waals surface area (Å²) in [4.78, 5) is 46.4. The predicted octanol–water partition coefficient (Wildman–Crippen LogP) is 3.10. The molecule has 170 valence electrons. The minimum absolute atomic E-state index is 0.0313. The fraction of sp³-hybridized carbons (Fsp3) is 0.174. The van der Waals surface area contributed by atoms with Crippen molar-refractivity contribution in [2.75, 3.05) is 22.1 Å². The van der Waals surface area contributed by atoms with Gasteiger partial charge in [-0.2, -0.15) is 0 Å². The van der Waals surface area contributed by atoms with Crippen LogP contribution in [0.2, 0.25) is 0 Å². The summed E-state index contributed by atoms with van der Waals surface area (Å²) in [6.45, 7) is 5.14. The molecule has 2 aromatic heterocycles. The van der Waals surface area contributed by atoms with Crippen LogP contribution in [-0.2, 0) is 4.74 Å². The zero-order valence-corrected chi connectivity index (χ0v) is 18.4. The molecule has 0 radical (unpaired) electrons. The Morgan fingerprint density at radius 2 is 1.18 bits per heavy atom. The molecule has 2 heterocycles. The number of aromatic nitrogens is 2. The van der Waals surface area contributed by atoms with Gasteiger partial charge in [-0.3, -0.25) is 9.59 Å². The van der Waals surface area contributed by atoms with Crippen LogP contribution in [0.15, 0.2) is 54.6 Å². The third kappa shape index (κ3) is 6.50. The molecule has 0 spiro atoms. The Morgan fingerprint density at radius 1 is 0.758 bits per heavy atom. The van der Waals surface area contributed by atoms with Crippen molar-refractivity contribution in [3.05, 3.63) is 71.3 Å². The first-order chi connectivity index (χ1) is 15.5. The van der Waals surface area contributed by atoms with Gasteiger partial charge in [0.2, 0.25) is 0 Å². The number of rotatable bonds is 5. The Morgan fingerprint density at radius 3 is 1.58 bits per heavy atom. The number of nitrogens with zero attached hydrogens (tertiary/aromatic N) is 2. The normalized spacial score (nSPS) is 10.9. The van der Waals surface area contributed by atoms with E-state index in [9.17, 15) is 14.4 Å². The van der Waals surface area contributed by atoms with Gasteiger partial charge in [-0.1, -0.05) is 12.1 Å². The lowest BCUT2D eigenvalue weighted by Crippen LogP contribution is -2.25. The highest BCUT2D eigenvalue weighted by molar-refractivity contribution is 6.10. The third-order valence-corrected chi connectivity index (χ3v) is 4.12. The first-order valence-corrected chi connectivity index (χ1v) is 9.96. The number of hydrogen-bond acceptors (Lipinski definition) is 8. The van der Waals surface area contributed by atoms with Crippen molar-refractivity contribution in [2.24, 2.45) is 0 Å². The minimum Gasteiger partial charge on any atom is -0.456 e. The van der Waals surface area contributed by atoms with Gasteiger partial charge in [0, 0.05) is 11.1 Å². The number of pyridine rings is 2. The summed E-state index contributed by atoms with van der Waals surface area (Å²) in [5.41, 5.74) is 10.7. The van der Waals surface area contributed by atoms with Crippen LogP contribution in [0.4, 0.5) is 23.3 Å². The Hall–Kier alpha value is -4.47. The highest BCUT2D eigenvalue weighted by Crippen LogP contribution is 2.18. The van der Waals surface area contributed by atoms with E-state index in [4.69, 9.17) is 16.2 Å². The second-order valence-electron chi connectivity index (χ2n) is 8.10. The van der Waals surface area contributed by atoms with E-state index in [1.165, 1.54) is 18.2 Å². The molecule has 3 aromatic rings. The van der Waals surface area contributed by atoms with Gasteiger partial charge in [-0.15, -0.1) is 0 Å². The average Bonchev–Trinajstić information content (AvgIpc) is 2.72. The van der Waals surface area contributed by atoms with Crippen LogP contribution in [0.5, 0.6) is 0 Å². The summed E-state index contributed by atoms with van der Waals surface area (Å²) in [6, 6.07) is 13.6. The van der Waals surface area contributed by atoms with E-state index < -0.39 is 23.4 Å². The van der Waals surface area contributed by atoms with Gasteiger partial charge in [0.05, 0.1) is 5.56 Å². The Balaban J connectivity index is 1.95. The number of hydrogen-bond donors (Lipinski definition) is 4. The number of ether oxygens (including phenoxy) is 1. The zero-order valence-electron chi connectivity index (χ0n) is 18.4. The molecular formula is C23H24N6O4. The molecule has 0 atom stereocenters. The second-order valence-corrected chi connectivity index (χ2v) is 8.10. The van der Waals surface area contributed by atoms with Gasteiger partial charge in [-0.25, -0.2) is 14.8 Å². The van der Waals surface area contributed by atoms with Crippen molar-refractivity contribution >= 4 is 41.1 Å².